The maximum Gasteiger partial charge on any atom is 0.00555 e. The quantitative estimate of drug-likeness (QED) is 0.544. The number of hydrogen-bond donors (Lipinski definition) is 0. The summed E-state index contributed by atoms with van der Waals surface area (Å²) >= 11 is 0. The lowest BCUT2D eigenvalue weighted by Gasteiger charge is -2.05. The normalized spacial score (nSPS) is 22.6. The molecule has 0 saturated heterocycles. The fourth-order valence-corrected chi connectivity index (χ4v) is 0.693. The molecule has 1 nitrogen and oxygen atoms in total. The first kappa shape index (κ1) is 6.66. The van der Waals surface area contributed by atoms with E-state index in [0.717, 1.165) is 0 Å². The molecule has 0 aliphatic heterocycles. The van der Waals surface area contributed by atoms with Crippen LogP contribution in [0, 0.1) is 5.41 Å². The Morgan fingerprint density at radius 1 is 1.33 bits per heavy atom. The van der Waals surface area contributed by atoms with Gasteiger partial charge in [-0.05, 0) is 24.5 Å². The van der Waals surface area contributed by atoms with Crippen LogP contribution in [0.1, 0.15) is 19.8 Å². The van der Waals surface area contributed by atoms with Gasteiger partial charge in [-0.15, -0.1) is 0 Å². The van der Waals surface area contributed by atoms with E-state index >= 15 is 0 Å². The first-order valence-corrected chi connectivity index (χ1v) is 3.48. The molecule has 1 fully saturated rings. The van der Waals surface area contributed by atoms with Gasteiger partial charge in [-0.1, -0.05) is 13.0 Å². The minimum absolute atomic E-state index is 0.560. The highest BCUT2D eigenvalue weighted by Gasteiger charge is 2.33. The van der Waals surface area contributed by atoms with Crippen LogP contribution in [-0.2, 0) is 0 Å². The maximum absolute atomic E-state index is 2.30. The van der Waals surface area contributed by atoms with Crippen molar-refractivity contribution in [1.82, 2.24) is 4.90 Å². The minimum Gasteiger partial charge on any atom is -0.384 e. The van der Waals surface area contributed by atoms with Gasteiger partial charge >= 0.3 is 0 Å². The average Bonchev–Trinajstić information content (AvgIpc) is 2.45. The van der Waals surface area contributed by atoms with Crippen molar-refractivity contribution < 1.29 is 0 Å². The van der Waals surface area contributed by atoms with Gasteiger partial charge in [0.25, 0.3) is 0 Å². The summed E-state index contributed by atoms with van der Waals surface area (Å²) in [5, 5.41) is 0. The van der Waals surface area contributed by atoms with E-state index < -0.39 is 0 Å². The van der Waals surface area contributed by atoms with E-state index in [9.17, 15) is 0 Å². The standard InChI is InChI=1S/C8H15N/c1-8(4-5-8)6-7-9(2)3/h6-7H,4-5H2,1-3H3/b7-6-. The molecule has 1 saturated carbocycles. The second-order valence-electron chi connectivity index (χ2n) is 3.43. The van der Waals surface area contributed by atoms with Crippen molar-refractivity contribution in [3.63, 3.8) is 0 Å². The van der Waals surface area contributed by atoms with Gasteiger partial charge in [-0.3, -0.25) is 0 Å². The summed E-state index contributed by atoms with van der Waals surface area (Å²) in [6, 6.07) is 0. The molecule has 0 radical (unpaired) electrons. The Kier molecular flexibility index (Phi) is 1.52. The average molecular weight is 125 g/mol. The summed E-state index contributed by atoms with van der Waals surface area (Å²) in [7, 11) is 4.12. The first-order valence-electron chi connectivity index (χ1n) is 3.48. The molecule has 52 valence electrons. The number of nitrogens with zero attached hydrogens (tertiary/aromatic N) is 1. The zero-order valence-corrected chi connectivity index (χ0v) is 6.52. The maximum atomic E-state index is 2.30. The Morgan fingerprint density at radius 3 is 2.22 bits per heavy atom. The van der Waals surface area contributed by atoms with Crippen LogP contribution >= 0.6 is 0 Å². The smallest absolute Gasteiger partial charge is 0.00555 e. The largest absolute Gasteiger partial charge is 0.384 e. The van der Waals surface area contributed by atoms with Crippen LogP contribution in [0.4, 0.5) is 0 Å². The van der Waals surface area contributed by atoms with Crippen LogP contribution in [0.25, 0.3) is 0 Å². The van der Waals surface area contributed by atoms with Crippen LogP contribution in [0.15, 0.2) is 12.3 Å². The first-order chi connectivity index (χ1) is 4.12. The van der Waals surface area contributed by atoms with Gasteiger partial charge in [-0.25, -0.2) is 0 Å². The predicted molar refractivity (Wildman–Crippen MR) is 40.2 cm³/mol. The lowest BCUT2D eigenvalue weighted by molar-refractivity contribution is 0.552. The second kappa shape index (κ2) is 2.05. The van der Waals surface area contributed by atoms with E-state index in [0.29, 0.717) is 5.41 Å². The van der Waals surface area contributed by atoms with E-state index in [1.165, 1.54) is 12.8 Å². The Hall–Kier alpha value is -0.460. The summed E-state index contributed by atoms with van der Waals surface area (Å²) in [6.45, 7) is 2.30. The zero-order valence-electron chi connectivity index (χ0n) is 6.52. The summed E-state index contributed by atoms with van der Waals surface area (Å²) in [6.07, 6.45) is 7.19. The number of rotatable bonds is 2. The van der Waals surface area contributed by atoms with E-state index in [1.807, 2.05) is 0 Å². The highest BCUT2D eigenvalue weighted by atomic mass is 15.0. The molecule has 0 aromatic carbocycles. The Balaban J connectivity index is 2.31. The van der Waals surface area contributed by atoms with Crippen LogP contribution in [-0.4, -0.2) is 19.0 Å². The fourth-order valence-electron chi connectivity index (χ4n) is 0.693. The van der Waals surface area contributed by atoms with Gasteiger partial charge in [0.05, 0.1) is 0 Å². The molecule has 0 bridgehead atoms. The molecule has 0 aromatic rings. The van der Waals surface area contributed by atoms with Crippen molar-refractivity contribution in [2.24, 2.45) is 5.41 Å². The molecular weight excluding hydrogens is 110 g/mol. The monoisotopic (exact) mass is 125 g/mol. The topological polar surface area (TPSA) is 3.24 Å². The fraction of sp³-hybridized carbons (Fsp3) is 0.750. The third-order valence-corrected chi connectivity index (χ3v) is 1.81. The third kappa shape index (κ3) is 2.08. The number of allylic oxidation sites excluding steroid dienone is 1. The Labute approximate surface area is 57.4 Å². The van der Waals surface area contributed by atoms with Crippen LogP contribution in [0.2, 0.25) is 0 Å². The molecule has 0 heterocycles. The number of hydrogen-bond acceptors (Lipinski definition) is 1. The highest BCUT2D eigenvalue weighted by molar-refractivity contribution is 5.05. The van der Waals surface area contributed by atoms with Gasteiger partial charge in [0.15, 0.2) is 0 Å². The van der Waals surface area contributed by atoms with E-state index in [2.05, 4.69) is 38.2 Å². The molecule has 1 aliphatic carbocycles. The molecule has 0 unspecified atom stereocenters. The zero-order chi connectivity index (χ0) is 6.91. The molecular formula is C8H15N. The Bertz CT molecular complexity index is 121. The van der Waals surface area contributed by atoms with Gasteiger partial charge in [0.1, 0.15) is 0 Å². The van der Waals surface area contributed by atoms with E-state index in [-0.39, 0.29) is 0 Å². The summed E-state index contributed by atoms with van der Waals surface area (Å²) < 4.78 is 0. The Morgan fingerprint density at radius 2 is 1.89 bits per heavy atom. The highest BCUT2D eigenvalue weighted by Crippen LogP contribution is 2.46. The lowest BCUT2D eigenvalue weighted by atomic mass is 10.1. The third-order valence-electron chi connectivity index (χ3n) is 1.81. The van der Waals surface area contributed by atoms with Crippen LogP contribution in [0.5, 0.6) is 0 Å². The van der Waals surface area contributed by atoms with Crippen molar-refractivity contribution in [1.29, 1.82) is 0 Å². The van der Waals surface area contributed by atoms with Crippen molar-refractivity contribution in [2.45, 2.75) is 19.8 Å². The summed E-state index contributed by atoms with van der Waals surface area (Å²) in [5.74, 6) is 0. The lowest BCUT2D eigenvalue weighted by Crippen LogP contribution is -2.01. The van der Waals surface area contributed by atoms with Gasteiger partial charge in [0.2, 0.25) is 0 Å². The predicted octanol–water partition coefficient (Wildman–Crippen LogP) is 1.86. The van der Waals surface area contributed by atoms with Crippen LogP contribution < -0.4 is 0 Å². The SMILES string of the molecule is CN(C)/C=C\C1(C)CC1. The van der Waals surface area contributed by atoms with Gasteiger partial charge < -0.3 is 4.90 Å². The van der Waals surface area contributed by atoms with Gasteiger partial charge in [-0.2, -0.15) is 0 Å². The molecule has 0 spiro atoms. The van der Waals surface area contributed by atoms with E-state index in [1.54, 1.807) is 0 Å². The minimum atomic E-state index is 0.560. The summed E-state index contributed by atoms with van der Waals surface area (Å²) in [4.78, 5) is 2.09. The van der Waals surface area contributed by atoms with Crippen molar-refractivity contribution >= 4 is 0 Å². The van der Waals surface area contributed by atoms with Crippen molar-refractivity contribution in [3.05, 3.63) is 12.3 Å². The molecule has 9 heavy (non-hydrogen) atoms. The van der Waals surface area contributed by atoms with Crippen molar-refractivity contribution in [2.75, 3.05) is 14.1 Å². The second-order valence-corrected chi connectivity index (χ2v) is 3.43. The molecule has 0 amide bonds. The molecule has 1 rings (SSSR count). The van der Waals surface area contributed by atoms with E-state index in [4.69, 9.17) is 0 Å². The molecule has 1 aliphatic rings. The molecule has 0 atom stereocenters. The molecule has 1 heteroatoms. The van der Waals surface area contributed by atoms with Crippen molar-refractivity contribution in [3.8, 4) is 0 Å². The van der Waals surface area contributed by atoms with Crippen LogP contribution in [0.3, 0.4) is 0 Å². The molecule has 0 N–H and O–H groups in total. The summed E-state index contributed by atoms with van der Waals surface area (Å²) in [5.41, 5.74) is 0.560. The molecule has 0 aromatic heterocycles. The van der Waals surface area contributed by atoms with Gasteiger partial charge in [0, 0.05) is 14.1 Å².